The molecule has 0 spiro atoms. The first-order chi connectivity index (χ1) is 8.54. The summed E-state index contributed by atoms with van der Waals surface area (Å²) < 4.78 is 4.40. The van der Waals surface area contributed by atoms with Crippen molar-refractivity contribution >= 4 is 17.8 Å². The zero-order valence-corrected chi connectivity index (χ0v) is 9.67. The van der Waals surface area contributed by atoms with Gasteiger partial charge in [0, 0.05) is 12.6 Å². The van der Waals surface area contributed by atoms with Crippen LogP contribution in [0.25, 0.3) is 0 Å². The SMILES string of the molecule is COC(=O)CC[C@H](NC(=O)c1ccn[nH]1)C(=O)O. The zero-order chi connectivity index (χ0) is 13.5. The summed E-state index contributed by atoms with van der Waals surface area (Å²) in [5.41, 5.74) is 0.152. The van der Waals surface area contributed by atoms with Gasteiger partial charge >= 0.3 is 11.9 Å². The summed E-state index contributed by atoms with van der Waals surface area (Å²) in [5, 5.41) is 17.2. The standard InChI is InChI=1S/C10H13N3O5/c1-18-8(14)3-2-7(10(16)17)12-9(15)6-4-5-11-13-6/h4-5,7H,2-3H2,1H3,(H,11,13)(H,12,15)(H,16,17)/t7-/m0/s1. The van der Waals surface area contributed by atoms with Crippen LogP contribution in [0.5, 0.6) is 0 Å². The number of carboxylic acid groups (broad SMARTS) is 1. The molecule has 0 radical (unpaired) electrons. The molecule has 0 aromatic carbocycles. The average Bonchev–Trinajstić information content (AvgIpc) is 2.87. The van der Waals surface area contributed by atoms with Crippen LogP contribution in [0.3, 0.4) is 0 Å². The van der Waals surface area contributed by atoms with E-state index in [1.54, 1.807) is 0 Å². The molecule has 0 saturated carbocycles. The molecule has 0 saturated heterocycles. The highest BCUT2D eigenvalue weighted by Gasteiger charge is 2.22. The van der Waals surface area contributed by atoms with E-state index in [0.29, 0.717) is 0 Å². The number of nitrogens with zero attached hydrogens (tertiary/aromatic N) is 1. The maximum atomic E-state index is 11.6. The minimum Gasteiger partial charge on any atom is -0.480 e. The van der Waals surface area contributed by atoms with E-state index in [9.17, 15) is 14.4 Å². The van der Waals surface area contributed by atoms with Crippen molar-refractivity contribution in [1.29, 1.82) is 0 Å². The first kappa shape index (κ1) is 13.7. The van der Waals surface area contributed by atoms with E-state index >= 15 is 0 Å². The van der Waals surface area contributed by atoms with E-state index in [4.69, 9.17) is 5.11 Å². The fourth-order valence-corrected chi connectivity index (χ4v) is 1.24. The Morgan fingerprint density at radius 3 is 2.78 bits per heavy atom. The van der Waals surface area contributed by atoms with E-state index in [0.717, 1.165) is 0 Å². The van der Waals surface area contributed by atoms with Crippen LogP contribution in [0.4, 0.5) is 0 Å². The molecule has 8 heteroatoms. The van der Waals surface area contributed by atoms with Gasteiger partial charge in [-0.05, 0) is 12.5 Å². The summed E-state index contributed by atoms with van der Waals surface area (Å²) in [4.78, 5) is 33.4. The molecule has 0 aliphatic rings. The van der Waals surface area contributed by atoms with Crippen molar-refractivity contribution in [3.63, 3.8) is 0 Å². The van der Waals surface area contributed by atoms with Crippen molar-refractivity contribution in [1.82, 2.24) is 15.5 Å². The largest absolute Gasteiger partial charge is 0.480 e. The number of nitrogens with one attached hydrogen (secondary N) is 2. The third-order valence-electron chi connectivity index (χ3n) is 2.21. The van der Waals surface area contributed by atoms with Gasteiger partial charge in [-0.2, -0.15) is 5.10 Å². The second-order valence-corrected chi connectivity index (χ2v) is 3.45. The van der Waals surface area contributed by atoms with E-state index in [-0.39, 0.29) is 18.5 Å². The third-order valence-corrected chi connectivity index (χ3v) is 2.21. The van der Waals surface area contributed by atoms with Gasteiger partial charge in [0.05, 0.1) is 7.11 Å². The molecule has 1 rings (SSSR count). The number of hydrogen-bond acceptors (Lipinski definition) is 5. The van der Waals surface area contributed by atoms with Crippen LogP contribution in [-0.4, -0.2) is 46.3 Å². The molecule has 0 bridgehead atoms. The summed E-state index contributed by atoms with van der Waals surface area (Å²) in [7, 11) is 1.21. The molecular weight excluding hydrogens is 242 g/mol. The lowest BCUT2D eigenvalue weighted by atomic mass is 10.1. The Bertz CT molecular complexity index is 429. The highest BCUT2D eigenvalue weighted by atomic mass is 16.5. The number of carbonyl (C=O) groups excluding carboxylic acids is 2. The van der Waals surface area contributed by atoms with E-state index in [2.05, 4.69) is 20.3 Å². The average molecular weight is 255 g/mol. The molecule has 0 aliphatic carbocycles. The van der Waals surface area contributed by atoms with Gasteiger partial charge in [-0.1, -0.05) is 0 Å². The van der Waals surface area contributed by atoms with Gasteiger partial charge in [0.15, 0.2) is 0 Å². The van der Waals surface area contributed by atoms with Gasteiger partial charge in [-0.3, -0.25) is 14.7 Å². The highest BCUT2D eigenvalue weighted by Crippen LogP contribution is 2.01. The number of H-pyrrole nitrogens is 1. The van der Waals surface area contributed by atoms with Crippen LogP contribution in [0.15, 0.2) is 12.3 Å². The van der Waals surface area contributed by atoms with Gasteiger partial charge in [0.1, 0.15) is 11.7 Å². The lowest BCUT2D eigenvalue weighted by Crippen LogP contribution is -2.41. The van der Waals surface area contributed by atoms with Crippen LogP contribution in [0.2, 0.25) is 0 Å². The van der Waals surface area contributed by atoms with E-state index in [1.807, 2.05) is 0 Å². The lowest BCUT2D eigenvalue weighted by molar-refractivity contribution is -0.142. The van der Waals surface area contributed by atoms with Gasteiger partial charge in [-0.15, -0.1) is 0 Å². The molecule has 98 valence electrons. The summed E-state index contributed by atoms with van der Waals surface area (Å²) >= 11 is 0. The number of aromatic nitrogens is 2. The molecule has 0 aliphatic heterocycles. The molecule has 8 nitrogen and oxygen atoms in total. The fraction of sp³-hybridized carbons (Fsp3) is 0.400. The zero-order valence-electron chi connectivity index (χ0n) is 9.67. The third kappa shape index (κ3) is 3.89. The smallest absolute Gasteiger partial charge is 0.326 e. The maximum Gasteiger partial charge on any atom is 0.326 e. The first-order valence-electron chi connectivity index (χ1n) is 5.14. The van der Waals surface area contributed by atoms with Crippen molar-refractivity contribution in [3.8, 4) is 0 Å². The topological polar surface area (TPSA) is 121 Å². The lowest BCUT2D eigenvalue weighted by Gasteiger charge is -2.12. The quantitative estimate of drug-likeness (QED) is 0.592. The molecular formula is C10H13N3O5. The van der Waals surface area contributed by atoms with Crippen molar-refractivity contribution in [2.24, 2.45) is 0 Å². The van der Waals surface area contributed by atoms with E-state index < -0.39 is 23.9 Å². The van der Waals surface area contributed by atoms with Gasteiger partial charge < -0.3 is 15.2 Å². The summed E-state index contributed by atoms with van der Waals surface area (Å²) in [5.74, 6) is -2.34. The number of methoxy groups -OCH3 is 1. The number of amides is 1. The van der Waals surface area contributed by atoms with E-state index in [1.165, 1.54) is 19.4 Å². The highest BCUT2D eigenvalue weighted by molar-refractivity contribution is 5.94. The Hall–Kier alpha value is -2.38. The number of aliphatic carboxylic acids is 1. The molecule has 3 N–H and O–H groups in total. The van der Waals surface area contributed by atoms with Gasteiger partial charge in [0.2, 0.25) is 0 Å². The molecule has 1 amide bonds. The Balaban J connectivity index is 2.55. The second-order valence-electron chi connectivity index (χ2n) is 3.45. The fourth-order valence-electron chi connectivity index (χ4n) is 1.24. The van der Waals surface area contributed by atoms with Gasteiger partial charge in [-0.25, -0.2) is 4.79 Å². The number of rotatable bonds is 6. The normalized spacial score (nSPS) is 11.6. The van der Waals surface area contributed by atoms with Crippen molar-refractivity contribution in [3.05, 3.63) is 18.0 Å². The number of esters is 1. The molecule has 1 heterocycles. The van der Waals surface area contributed by atoms with Crippen molar-refractivity contribution in [2.45, 2.75) is 18.9 Å². The molecule has 0 unspecified atom stereocenters. The Kier molecular flexibility index (Phi) is 4.85. The summed E-state index contributed by atoms with van der Waals surface area (Å²) in [6.45, 7) is 0. The maximum absolute atomic E-state index is 11.6. The number of ether oxygens (including phenoxy) is 1. The molecule has 1 aromatic rings. The minimum atomic E-state index is -1.22. The van der Waals surface area contributed by atoms with Crippen LogP contribution in [0, 0.1) is 0 Å². The summed E-state index contributed by atoms with van der Waals surface area (Å²) in [6, 6.07) is 0.258. The predicted octanol–water partition coefficient (Wildman–Crippen LogP) is -0.454. The number of carboxylic acids is 1. The van der Waals surface area contributed by atoms with Crippen molar-refractivity contribution < 1.29 is 24.2 Å². The Morgan fingerprint density at radius 1 is 1.56 bits per heavy atom. The second kappa shape index (κ2) is 6.38. The number of aromatic amines is 1. The Labute approximate surface area is 102 Å². The molecule has 0 fully saturated rings. The van der Waals surface area contributed by atoms with Crippen LogP contribution in [-0.2, 0) is 14.3 Å². The van der Waals surface area contributed by atoms with Gasteiger partial charge in [0.25, 0.3) is 5.91 Å². The van der Waals surface area contributed by atoms with Crippen LogP contribution in [0.1, 0.15) is 23.3 Å². The predicted molar refractivity (Wildman–Crippen MR) is 58.7 cm³/mol. The molecule has 18 heavy (non-hydrogen) atoms. The number of hydrogen-bond donors (Lipinski definition) is 3. The van der Waals surface area contributed by atoms with Crippen LogP contribution >= 0.6 is 0 Å². The summed E-state index contributed by atoms with van der Waals surface area (Å²) in [6.07, 6.45) is 1.25. The monoisotopic (exact) mass is 255 g/mol. The van der Waals surface area contributed by atoms with Crippen LogP contribution < -0.4 is 5.32 Å². The molecule has 1 aromatic heterocycles. The first-order valence-corrected chi connectivity index (χ1v) is 5.14. The molecule has 1 atom stereocenters. The Morgan fingerprint density at radius 2 is 2.28 bits per heavy atom. The number of carbonyl (C=O) groups is 3. The minimum absolute atomic E-state index is 0.0398. The van der Waals surface area contributed by atoms with Crippen molar-refractivity contribution in [2.75, 3.05) is 7.11 Å².